The van der Waals surface area contributed by atoms with Crippen LogP contribution in [0.1, 0.15) is 30.4 Å². The first-order chi connectivity index (χ1) is 9.93. The molecule has 3 rings (SSSR count). The van der Waals surface area contributed by atoms with Crippen molar-refractivity contribution in [3.8, 4) is 0 Å². The Bertz CT molecular complexity index is 648. The van der Waals surface area contributed by atoms with Crippen molar-refractivity contribution in [2.45, 2.75) is 37.6 Å². The summed E-state index contributed by atoms with van der Waals surface area (Å²) in [6.45, 7) is 3.40. The van der Waals surface area contributed by atoms with E-state index >= 15 is 0 Å². The monoisotopic (exact) mass is 328 g/mol. The third-order valence-electron chi connectivity index (χ3n) is 4.96. The summed E-state index contributed by atoms with van der Waals surface area (Å²) in [7, 11) is -3.47. The molecular formula is C15H21ClN2O2S. The van der Waals surface area contributed by atoms with Crippen LogP contribution in [-0.2, 0) is 16.6 Å². The minimum Gasteiger partial charge on any atom is -0.326 e. The number of rotatable bonds is 3. The SMILES string of the molecule is Cc1c(CN)cc(Cl)cc1S(=O)(=O)N1CC2CCCC2C1. The van der Waals surface area contributed by atoms with Gasteiger partial charge >= 0.3 is 0 Å². The van der Waals surface area contributed by atoms with E-state index in [0.717, 1.165) is 24.0 Å². The van der Waals surface area contributed by atoms with Gasteiger partial charge in [-0.2, -0.15) is 4.31 Å². The van der Waals surface area contributed by atoms with Crippen molar-refractivity contribution in [1.82, 2.24) is 4.31 Å². The van der Waals surface area contributed by atoms with E-state index in [1.807, 2.05) is 6.92 Å². The molecule has 0 spiro atoms. The molecule has 0 radical (unpaired) electrons. The van der Waals surface area contributed by atoms with Crippen LogP contribution in [0.5, 0.6) is 0 Å². The highest BCUT2D eigenvalue weighted by molar-refractivity contribution is 7.89. The molecule has 1 aromatic carbocycles. The third kappa shape index (κ3) is 2.61. The average Bonchev–Trinajstić information content (AvgIpc) is 3.01. The van der Waals surface area contributed by atoms with Crippen LogP contribution in [0.25, 0.3) is 0 Å². The number of hydrogen-bond acceptors (Lipinski definition) is 3. The van der Waals surface area contributed by atoms with Gasteiger partial charge in [0, 0.05) is 24.7 Å². The molecule has 1 saturated carbocycles. The molecule has 1 aliphatic heterocycles. The summed E-state index contributed by atoms with van der Waals surface area (Å²) in [5.41, 5.74) is 7.21. The summed E-state index contributed by atoms with van der Waals surface area (Å²) in [6, 6.07) is 3.30. The van der Waals surface area contributed by atoms with E-state index in [-0.39, 0.29) is 0 Å². The highest BCUT2D eigenvalue weighted by Gasteiger charge is 2.41. The predicted molar refractivity (Wildman–Crippen MR) is 83.7 cm³/mol. The average molecular weight is 329 g/mol. The molecule has 2 atom stereocenters. The second-order valence-electron chi connectivity index (χ2n) is 6.17. The van der Waals surface area contributed by atoms with Gasteiger partial charge in [-0.25, -0.2) is 8.42 Å². The van der Waals surface area contributed by atoms with Crippen LogP contribution in [0.4, 0.5) is 0 Å². The smallest absolute Gasteiger partial charge is 0.243 e. The molecule has 116 valence electrons. The Kier molecular flexibility index (Phi) is 4.03. The van der Waals surface area contributed by atoms with Gasteiger partial charge in [0.1, 0.15) is 0 Å². The third-order valence-corrected chi connectivity index (χ3v) is 7.14. The van der Waals surface area contributed by atoms with Crippen molar-refractivity contribution >= 4 is 21.6 Å². The Labute approximate surface area is 131 Å². The van der Waals surface area contributed by atoms with Crippen LogP contribution in [0, 0.1) is 18.8 Å². The molecule has 2 unspecified atom stereocenters. The first-order valence-corrected chi connectivity index (χ1v) is 9.24. The minimum atomic E-state index is -3.47. The van der Waals surface area contributed by atoms with Crippen molar-refractivity contribution in [2.24, 2.45) is 17.6 Å². The van der Waals surface area contributed by atoms with Gasteiger partial charge in [0.2, 0.25) is 10.0 Å². The standard InChI is InChI=1S/C15H21ClN2O2S/c1-10-13(7-17)5-14(16)6-15(10)21(19,20)18-8-11-3-2-4-12(11)9-18/h5-6,11-12H,2-4,7-9,17H2,1H3. The maximum atomic E-state index is 12.9. The molecule has 6 heteroatoms. The van der Waals surface area contributed by atoms with Crippen molar-refractivity contribution < 1.29 is 8.42 Å². The summed E-state index contributed by atoms with van der Waals surface area (Å²) >= 11 is 6.07. The molecule has 4 nitrogen and oxygen atoms in total. The first-order valence-electron chi connectivity index (χ1n) is 7.42. The van der Waals surface area contributed by atoms with Gasteiger partial charge in [-0.1, -0.05) is 18.0 Å². The van der Waals surface area contributed by atoms with E-state index in [9.17, 15) is 8.42 Å². The highest BCUT2D eigenvalue weighted by Crippen LogP contribution is 2.40. The Morgan fingerprint density at radius 2 is 1.90 bits per heavy atom. The molecule has 2 N–H and O–H groups in total. The first kappa shape index (κ1) is 15.3. The zero-order chi connectivity index (χ0) is 15.2. The molecule has 0 bridgehead atoms. The zero-order valence-electron chi connectivity index (χ0n) is 12.2. The molecule has 2 fully saturated rings. The summed E-state index contributed by atoms with van der Waals surface area (Å²) in [4.78, 5) is 0.315. The topological polar surface area (TPSA) is 63.4 Å². The maximum absolute atomic E-state index is 12.9. The van der Waals surface area contributed by atoms with Gasteiger partial charge < -0.3 is 5.73 Å². The van der Waals surface area contributed by atoms with E-state index in [2.05, 4.69) is 0 Å². The quantitative estimate of drug-likeness (QED) is 0.927. The van der Waals surface area contributed by atoms with Gasteiger partial charge in [-0.3, -0.25) is 0 Å². The Morgan fingerprint density at radius 1 is 1.29 bits per heavy atom. The van der Waals surface area contributed by atoms with E-state index in [4.69, 9.17) is 17.3 Å². The largest absolute Gasteiger partial charge is 0.326 e. The van der Waals surface area contributed by atoms with Crippen LogP contribution in [0.3, 0.4) is 0 Å². The number of halogens is 1. The molecule has 0 amide bonds. The van der Waals surface area contributed by atoms with Crippen LogP contribution < -0.4 is 5.73 Å². The molecule has 21 heavy (non-hydrogen) atoms. The van der Waals surface area contributed by atoms with Crippen LogP contribution >= 0.6 is 11.6 Å². The lowest BCUT2D eigenvalue weighted by molar-refractivity contribution is 0.445. The molecular weight excluding hydrogens is 308 g/mol. The van der Waals surface area contributed by atoms with Crippen molar-refractivity contribution in [3.63, 3.8) is 0 Å². The number of hydrogen-bond donors (Lipinski definition) is 1. The molecule has 1 aliphatic carbocycles. The minimum absolute atomic E-state index is 0.292. The summed E-state index contributed by atoms with van der Waals surface area (Å²) in [5.74, 6) is 1.07. The zero-order valence-corrected chi connectivity index (χ0v) is 13.8. The number of nitrogens with two attached hydrogens (primary N) is 1. The lowest BCUT2D eigenvalue weighted by Crippen LogP contribution is -2.30. The fourth-order valence-electron chi connectivity index (χ4n) is 3.72. The van der Waals surface area contributed by atoms with E-state index < -0.39 is 10.0 Å². The second-order valence-corrected chi connectivity index (χ2v) is 8.51. The Morgan fingerprint density at radius 3 is 2.48 bits per heavy atom. The lowest BCUT2D eigenvalue weighted by Gasteiger charge is -2.20. The predicted octanol–water partition coefficient (Wildman–Crippen LogP) is 2.53. The highest BCUT2D eigenvalue weighted by atomic mass is 35.5. The van der Waals surface area contributed by atoms with Crippen LogP contribution in [-0.4, -0.2) is 25.8 Å². The van der Waals surface area contributed by atoms with Gasteiger partial charge in [-0.05, 0) is 54.9 Å². The Balaban J connectivity index is 1.97. The normalized spacial score (nSPS) is 26.2. The fraction of sp³-hybridized carbons (Fsp3) is 0.600. The number of benzene rings is 1. The number of fused-ring (bicyclic) bond motifs is 1. The van der Waals surface area contributed by atoms with Gasteiger partial charge in [-0.15, -0.1) is 0 Å². The van der Waals surface area contributed by atoms with E-state index in [1.54, 1.807) is 16.4 Å². The van der Waals surface area contributed by atoms with Gasteiger partial charge in [0.25, 0.3) is 0 Å². The molecule has 2 aliphatic rings. The summed E-state index contributed by atoms with van der Waals surface area (Å²) < 4.78 is 27.5. The maximum Gasteiger partial charge on any atom is 0.243 e. The van der Waals surface area contributed by atoms with Gasteiger partial charge in [0.05, 0.1) is 4.90 Å². The van der Waals surface area contributed by atoms with Crippen molar-refractivity contribution in [2.75, 3.05) is 13.1 Å². The summed E-state index contributed by atoms with van der Waals surface area (Å²) in [5, 5.41) is 0.430. The molecule has 1 saturated heterocycles. The lowest BCUT2D eigenvalue weighted by atomic mass is 10.0. The summed E-state index contributed by atoms with van der Waals surface area (Å²) in [6.07, 6.45) is 3.54. The molecule has 1 heterocycles. The number of nitrogens with zero attached hydrogens (tertiary/aromatic N) is 1. The van der Waals surface area contributed by atoms with E-state index in [1.165, 1.54) is 6.42 Å². The second kappa shape index (κ2) is 5.54. The van der Waals surface area contributed by atoms with Crippen LogP contribution in [0.2, 0.25) is 5.02 Å². The van der Waals surface area contributed by atoms with Crippen LogP contribution in [0.15, 0.2) is 17.0 Å². The van der Waals surface area contributed by atoms with Crippen molar-refractivity contribution in [1.29, 1.82) is 0 Å². The number of sulfonamides is 1. The van der Waals surface area contributed by atoms with E-state index in [0.29, 0.717) is 41.4 Å². The Hall–Kier alpha value is -0.620. The molecule has 0 aromatic heterocycles. The van der Waals surface area contributed by atoms with Crippen molar-refractivity contribution in [3.05, 3.63) is 28.3 Å². The molecule has 1 aromatic rings. The fourth-order valence-corrected chi connectivity index (χ4v) is 5.87. The van der Waals surface area contributed by atoms with Gasteiger partial charge in [0.15, 0.2) is 0 Å².